The van der Waals surface area contributed by atoms with Crippen molar-refractivity contribution in [3.63, 3.8) is 0 Å². The first kappa shape index (κ1) is 12.3. The molecule has 0 atom stereocenters. The Kier molecular flexibility index (Phi) is 4.39. The van der Waals surface area contributed by atoms with E-state index in [2.05, 4.69) is 18.9 Å². The molecule has 15 heavy (non-hydrogen) atoms. The largest absolute Gasteiger partial charge is 0.298 e. The summed E-state index contributed by atoms with van der Waals surface area (Å²) >= 11 is 1.72. The maximum absolute atomic E-state index is 10.9. The van der Waals surface area contributed by atoms with E-state index in [9.17, 15) is 4.79 Å². The molecule has 1 aromatic heterocycles. The number of thioether (sulfide) groups is 1. The molecule has 1 aromatic rings. The Balaban J connectivity index is 2.71. The van der Waals surface area contributed by atoms with Gasteiger partial charge in [0.2, 0.25) is 0 Å². The standard InChI is InChI=1S/C11H18N2OS/c1-8(2)5-6-15-11-10(7-14)9(3)12-13(11)4/h7-8H,5-6H2,1-4H3. The van der Waals surface area contributed by atoms with Gasteiger partial charge in [-0.05, 0) is 25.0 Å². The molecule has 0 aromatic carbocycles. The molecule has 84 valence electrons. The van der Waals surface area contributed by atoms with Crippen molar-refractivity contribution >= 4 is 18.0 Å². The highest BCUT2D eigenvalue weighted by Gasteiger charge is 2.12. The molecule has 0 saturated heterocycles. The highest BCUT2D eigenvalue weighted by atomic mass is 32.2. The topological polar surface area (TPSA) is 34.9 Å². The van der Waals surface area contributed by atoms with Crippen LogP contribution in [0.15, 0.2) is 5.03 Å². The van der Waals surface area contributed by atoms with E-state index in [1.165, 1.54) is 0 Å². The molecular weight excluding hydrogens is 208 g/mol. The third-order valence-electron chi connectivity index (χ3n) is 2.27. The number of aromatic nitrogens is 2. The third-order valence-corrected chi connectivity index (χ3v) is 3.46. The van der Waals surface area contributed by atoms with Crippen molar-refractivity contribution in [3.8, 4) is 0 Å². The zero-order valence-corrected chi connectivity index (χ0v) is 10.6. The fraction of sp³-hybridized carbons (Fsp3) is 0.636. The summed E-state index contributed by atoms with van der Waals surface area (Å²) in [5.41, 5.74) is 1.56. The minimum Gasteiger partial charge on any atom is -0.298 e. The molecule has 0 saturated carbocycles. The van der Waals surface area contributed by atoms with Gasteiger partial charge in [-0.2, -0.15) is 5.10 Å². The van der Waals surface area contributed by atoms with Gasteiger partial charge >= 0.3 is 0 Å². The number of hydrogen-bond acceptors (Lipinski definition) is 3. The van der Waals surface area contributed by atoms with Gasteiger partial charge in [-0.15, -0.1) is 11.8 Å². The molecule has 0 bridgehead atoms. The van der Waals surface area contributed by atoms with Gasteiger partial charge < -0.3 is 0 Å². The lowest BCUT2D eigenvalue weighted by Gasteiger charge is -2.05. The molecule has 3 nitrogen and oxygen atoms in total. The summed E-state index contributed by atoms with van der Waals surface area (Å²) < 4.78 is 1.80. The monoisotopic (exact) mass is 226 g/mol. The van der Waals surface area contributed by atoms with E-state index in [4.69, 9.17) is 0 Å². The molecule has 0 N–H and O–H groups in total. The number of carbonyl (C=O) groups excluding carboxylic acids is 1. The van der Waals surface area contributed by atoms with Gasteiger partial charge in [0.1, 0.15) is 5.03 Å². The van der Waals surface area contributed by atoms with E-state index in [0.717, 1.165) is 34.7 Å². The fourth-order valence-corrected chi connectivity index (χ4v) is 2.71. The molecule has 0 unspecified atom stereocenters. The number of carbonyl (C=O) groups is 1. The molecule has 0 aliphatic heterocycles. The molecule has 0 fully saturated rings. The second kappa shape index (κ2) is 5.35. The predicted molar refractivity (Wildman–Crippen MR) is 63.5 cm³/mol. The van der Waals surface area contributed by atoms with Crippen LogP contribution in [0.4, 0.5) is 0 Å². The van der Waals surface area contributed by atoms with Crippen molar-refractivity contribution in [2.45, 2.75) is 32.2 Å². The molecule has 0 spiro atoms. The Bertz CT molecular complexity index is 345. The van der Waals surface area contributed by atoms with Crippen LogP contribution in [0, 0.1) is 12.8 Å². The predicted octanol–water partition coefficient (Wildman–Crippen LogP) is 2.68. The van der Waals surface area contributed by atoms with E-state index < -0.39 is 0 Å². The van der Waals surface area contributed by atoms with Crippen LogP contribution < -0.4 is 0 Å². The van der Waals surface area contributed by atoms with Crippen molar-refractivity contribution in [1.29, 1.82) is 0 Å². The summed E-state index contributed by atoms with van der Waals surface area (Å²) in [6.07, 6.45) is 2.06. The number of rotatable bonds is 5. The van der Waals surface area contributed by atoms with E-state index in [-0.39, 0.29) is 0 Å². The molecule has 4 heteroatoms. The van der Waals surface area contributed by atoms with E-state index in [1.54, 1.807) is 16.4 Å². The lowest BCUT2D eigenvalue weighted by atomic mass is 10.2. The average molecular weight is 226 g/mol. The van der Waals surface area contributed by atoms with Crippen molar-refractivity contribution in [1.82, 2.24) is 9.78 Å². The number of hydrogen-bond donors (Lipinski definition) is 0. The summed E-state index contributed by atoms with van der Waals surface area (Å²) in [6.45, 7) is 6.28. The quantitative estimate of drug-likeness (QED) is 0.572. The van der Waals surface area contributed by atoms with Crippen molar-refractivity contribution < 1.29 is 4.79 Å². The van der Waals surface area contributed by atoms with Crippen LogP contribution in [0.5, 0.6) is 0 Å². The van der Waals surface area contributed by atoms with Gasteiger partial charge in [0.05, 0.1) is 11.3 Å². The normalized spacial score (nSPS) is 11.0. The Morgan fingerprint density at radius 2 is 2.20 bits per heavy atom. The van der Waals surface area contributed by atoms with Crippen molar-refractivity contribution in [2.24, 2.45) is 13.0 Å². The molecule has 0 radical (unpaired) electrons. The van der Waals surface area contributed by atoms with Crippen molar-refractivity contribution in [2.75, 3.05) is 5.75 Å². The first-order chi connectivity index (χ1) is 7.06. The maximum Gasteiger partial charge on any atom is 0.154 e. The second-order valence-electron chi connectivity index (χ2n) is 4.08. The van der Waals surface area contributed by atoms with Gasteiger partial charge in [0.15, 0.2) is 6.29 Å². The molecular formula is C11H18N2OS. The average Bonchev–Trinajstić information content (AvgIpc) is 2.41. The smallest absolute Gasteiger partial charge is 0.154 e. The first-order valence-corrected chi connectivity index (χ1v) is 6.16. The van der Waals surface area contributed by atoms with Crippen LogP contribution in [0.2, 0.25) is 0 Å². The number of aryl methyl sites for hydroxylation is 2. The lowest BCUT2D eigenvalue weighted by molar-refractivity contribution is 0.112. The Morgan fingerprint density at radius 3 is 2.73 bits per heavy atom. The summed E-state index contributed by atoms with van der Waals surface area (Å²) in [5.74, 6) is 1.74. The van der Waals surface area contributed by atoms with Crippen LogP contribution in [-0.4, -0.2) is 21.8 Å². The Hall–Kier alpha value is -0.770. The van der Waals surface area contributed by atoms with E-state index in [1.807, 2.05) is 14.0 Å². The van der Waals surface area contributed by atoms with Gasteiger partial charge in [0.25, 0.3) is 0 Å². The van der Waals surface area contributed by atoms with Crippen LogP contribution in [0.1, 0.15) is 36.3 Å². The minimum atomic E-state index is 0.700. The van der Waals surface area contributed by atoms with Gasteiger partial charge in [-0.1, -0.05) is 13.8 Å². The lowest BCUT2D eigenvalue weighted by Crippen LogP contribution is -1.96. The van der Waals surface area contributed by atoms with Crippen molar-refractivity contribution in [3.05, 3.63) is 11.3 Å². The van der Waals surface area contributed by atoms with Gasteiger partial charge in [-0.3, -0.25) is 9.48 Å². The van der Waals surface area contributed by atoms with Crippen LogP contribution in [-0.2, 0) is 7.05 Å². The highest BCUT2D eigenvalue weighted by molar-refractivity contribution is 7.99. The number of nitrogens with zero attached hydrogens (tertiary/aromatic N) is 2. The molecule has 1 rings (SSSR count). The van der Waals surface area contributed by atoms with Crippen LogP contribution in [0.25, 0.3) is 0 Å². The highest BCUT2D eigenvalue weighted by Crippen LogP contribution is 2.24. The number of aldehydes is 1. The van der Waals surface area contributed by atoms with E-state index >= 15 is 0 Å². The molecule has 0 amide bonds. The Labute approximate surface area is 95.2 Å². The summed E-state index contributed by atoms with van der Waals surface area (Å²) in [7, 11) is 1.89. The van der Waals surface area contributed by atoms with Crippen LogP contribution in [0.3, 0.4) is 0 Å². The molecule has 0 aliphatic carbocycles. The maximum atomic E-state index is 10.9. The first-order valence-electron chi connectivity index (χ1n) is 5.17. The summed E-state index contributed by atoms with van der Waals surface area (Å²) in [4.78, 5) is 10.9. The zero-order valence-electron chi connectivity index (χ0n) is 9.78. The summed E-state index contributed by atoms with van der Waals surface area (Å²) in [5, 5.41) is 5.23. The van der Waals surface area contributed by atoms with E-state index in [0.29, 0.717) is 5.92 Å². The fourth-order valence-electron chi connectivity index (χ4n) is 1.35. The zero-order chi connectivity index (χ0) is 11.4. The molecule has 0 aliphatic rings. The SMILES string of the molecule is Cc1nn(C)c(SCCC(C)C)c1C=O. The second-order valence-corrected chi connectivity index (χ2v) is 5.16. The van der Waals surface area contributed by atoms with Gasteiger partial charge in [-0.25, -0.2) is 0 Å². The Morgan fingerprint density at radius 1 is 1.53 bits per heavy atom. The minimum absolute atomic E-state index is 0.700. The molecule has 1 heterocycles. The third kappa shape index (κ3) is 3.09. The summed E-state index contributed by atoms with van der Waals surface area (Å²) in [6, 6.07) is 0. The van der Waals surface area contributed by atoms with Gasteiger partial charge in [0, 0.05) is 7.05 Å². The van der Waals surface area contributed by atoms with Crippen LogP contribution >= 0.6 is 11.8 Å².